The van der Waals surface area contributed by atoms with Gasteiger partial charge in [0.2, 0.25) is 0 Å². The molecule has 708 valence electrons. The van der Waals surface area contributed by atoms with Crippen LogP contribution in [0.25, 0.3) is 0 Å². The maximum atomic E-state index is 11.8. The van der Waals surface area contributed by atoms with Crippen LogP contribution in [0.4, 0.5) is 0 Å². The number of carbonyl (C=O) groups is 8. The third-order valence-electron chi connectivity index (χ3n) is 35.3. The molecule has 16 atom stereocenters. The number of aryl methyl sites for hydroxylation is 8. The fourth-order valence-electron chi connectivity index (χ4n) is 27.4. The molecule has 0 amide bonds. The summed E-state index contributed by atoms with van der Waals surface area (Å²) in [5.74, 6) is -2.12. The Bertz CT molecular complexity index is 5240. The molecule has 0 unspecified atom stereocenters. The van der Waals surface area contributed by atoms with Crippen molar-refractivity contribution in [1.82, 2.24) is 0 Å². The number of esters is 4. The monoisotopic (exact) mass is 1810 g/mol. The van der Waals surface area contributed by atoms with E-state index < -0.39 is 23.9 Å². The Kier molecular flexibility index (Phi) is 24.7. The second-order valence-corrected chi connectivity index (χ2v) is 40.2. The fraction of sp³-hybridized carbons (Fsp3) is 0.481. The van der Waals surface area contributed by atoms with Crippen molar-refractivity contribution < 1.29 is 127 Å². The fourth-order valence-corrected chi connectivity index (χ4v) is 27.4. The van der Waals surface area contributed by atoms with Crippen molar-refractivity contribution in [2.24, 2.45) is 47.3 Å². The minimum Gasteiger partial charge on any atom is -0.508 e. The molecule has 0 saturated heterocycles. The van der Waals surface area contributed by atoms with Crippen LogP contribution < -0.4 is 0 Å². The van der Waals surface area contributed by atoms with E-state index in [1.54, 1.807) is 72.8 Å². The van der Waals surface area contributed by atoms with Crippen LogP contribution in [0.5, 0.6) is 46.0 Å². The molecule has 8 spiro atoms. The number of methoxy groups -OCH3 is 4. The first-order chi connectivity index (χ1) is 63.2. The summed E-state index contributed by atoms with van der Waals surface area (Å²) in [6.07, 6.45) is 30.1. The lowest BCUT2D eigenvalue weighted by Gasteiger charge is -2.46. The highest BCUT2D eigenvalue weighted by atomic mass is 16.5. The maximum Gasteiger partial charge on any atom is 0.309 e. The second kappa shape index (κ2) is 35.5. The molecular formula is C108H132O24. The van der Waals surface area contributed by atoms with Crippen LogP contribution in [0, 0.1) is 47.3 Å². The molecule has 24 rings (SSSR count). The van der Waals surface area contributed by atoms with Crippen LogP contribution in [0.2, 0.25) is 0 Å². The number of carboxylic acid groups (broad SMARTS) is 4. The summed E-state index contributed by atoms with van der Waals surface area (Å²) in [5, 5.41) is 113. The average molecular weight is 1810 g/mol. The highest BCUT2D eigenvalue weighted by molar-refractivity contribution is 5.81. The predicted octanol–water partition coefficient (Wildman–Crippen LogP) is 18.4. The molecule has 0 aromatic heterocycles. The minimum absolute atomic E-state index is 0. The summed E-state index contributed by atoms with van der Waals surface area (Å²) in [6.45, 7) is 0. The van der Waals surface area contributed by atoms with Crippen molar-refractivity contribution in [2.75, 3.05) is 28.4 Å². The molecule has 0 radical (unpaired) electrons. The predicted molar refractivity (Wildman–Crippen MR) is 498 cm³/mol. The van der Waals surface area contributed by atoms with Gasteiger partial charge in [-0.1, -0.05) is 48.5 Å². The molecule has 16 aliphatic rings. The number of carboxylic acids is 4. The lowest BCUT2D eigenvalue weighted by atomic mass is 9.57. The molecule has 8 aromatic rings. The number of aliphatic carboxylic acids is 4. The molecular weight excluding hydrogens is 1680 g/mol. The van der Waals surface area contributed by atoms with Gasteiger partial charge in [0.15, 0.2) is 0 Å². The molecule has 0 bridgehead atoms. The molecule has 8 saturated carbocycles. The van der Waals surface area contributed by atoms with Gasteiger partial charge in [-0.2, -0.15) is 0 Å². The van der Waals surface area contributed by atoms with E-state index in [0.29, 0.717) is 23.0 Å². The molecule has 24 heteroatoms. The van der Waals surface area contributed by atoms with Crippen LogP contribution >= 0.6 is 0 Å². The summed E-state index contributed by atoms with van der Waals surface area (Å²) in [7, 11) is 5.80. The number of carbonyl (C=O) groups excluding carboxylic acids is 4. The number of rotatable bonds is 8. The van der Waals surface area contributed by atoms with Crippen LogP contribution in [-0.2, 0) is 152 Å². The number of hydrogen-bond donors (Lipinski definition) is 12. The summed E-state index contributed by atoms with van der Waals surface area (Å²) in [4.78, 5) is 91.8. The van der Waals surface area contributed by atoms with Crippen LogP contribution in [0.15, 0.2) is 146 Å². The normalized spacial score (nSPS) is 30.5. The van der Waals surface area contributed by atoms with E-state index in [4.69, 9.17) is 18.9 Å². The van der Waals surface area contributed by atoms with Gasteiger partial charge in [0, 0.05) is 51.9 Å². The van der Waals surface area contributed by atoms with E-state index in [0.717, 1.165) is 228 Å². The topological polar surface area (TPSA) is 416 Å². The SMILES string of the molecule is COC(=O)[C@@H]1CC[C@@]12CCc1ccc(O)cc12.COC(=O)[C@@H]1CC[C@]12CCc1ccc(O)cc12.COC(=O)[C@H]1CC[C@@]12CCc1ccc(O)cc12.COC(=O)[C@H]1CC[C@]12CCc1ccc(O)cc12.O=C(O)[C@@H]1CC[C@@]12CCc1ccc(O)cc12.O=C(O)[C@@H]1CC[C@]12CCc1ccc(O)cc12.O=C(O)[C@H]1CC[C@@]12CCc1ccc(O)cc12.O=C(O)[C@H]1CC[C@]12CCc1ccc(O)cc12.[HH].[HH].[HH].[HH].[HH].[HH]. The van der Waals surface area contributed by atoms with E-state index >= 15 is 0 Å². The van der Waals surface area contributed by atoms with E-state index in [-0.39, 0.29) is 146 Å². The zero-order chi connectivity index (χ0) is 93.5. The molecule has 8 fully saturated rings. The van der Waals surface area contributed by atoms with Gasteiger partial charge in [0.25, 0.3) is 0 Å². The summed E-state index contributed by atoms with van der Waals surface area (Å²) in [5.41, 5.74) is 18.0. The Labute approximate surface area is 776 Å². The summed E-state index contributed by atoms with van der Waals surface area (Å²) >= 11 is 0. The first kappa shape index (κ1) is 91.8. The molecule has 16 aliphatic carbocycles. The molecule has 0 aliphatic heterocycles. The second-order valence-electron chi connectivity index (χ2n) is 40.2. The van der Waals surface area contributed by atoms with Gasteiger partial charge in [-0.15, -0.1) is 0 Å². The molecule has 12 N–H and O–H groups in total. The Morgan fingerprint density at radius 2 is 0.333 bits per heavy atom. The van der Waals surface area contributed by atoms with Crippen molar-refractivity contribution in [3.63, 3.8) is 0 Å². The Hall–Kier alpha value is -12.1. The number of benzene rings is 8. The van der Waals surface area contributed by atoms with E-state index in [1.165, 1.54) is 95.2 Å². The number of fused-ring (bicyclic) bond motifs is 16. The highest BCUT2D eigenvalue weighted by Crippen LogP contribution is 2.65. The summed E-state index contributed by atoms with van der Waals surface area (Å²) < 4.78 is 19.5. The van der Waals surface area contributed by atoms with Gasteiger partial charge in [-0.3, -0.25) is 38.4 Å². The van der Waals surface area contributed by atoms with E-state index in [9.17, 15) is 99.6 Å². The van der Waals surface area contributed by atoms with Gasteiger partial charge < -0.3 is 80.2 Å². The molecule has 8 aromatic carbocycles. The third kappa shape index (κ3) is 15.4. The smallest absolute Gasteiger partial charge is 0.309 e. The number of phenolic OH excluding ortho intramolecular Hbond substituents is 8. The summed E-state index contributed by atoms with van der Waals surface area (Å²) in [6, 6.07) is 43.6. The van der Waals surface area contributed by atoms with Crippen LogP contribution in [-0.4, -0.2) is 137 Å². The Morgan fingerprint density at radius 3 is 0.432 bits per heavy atom. The van der Waals surface area contributed by atoms with E-state index in [1.807, 2.05) is 72.8 Å². The standard InChI is InChI=1S/4C14H16O3.4C13H14O3.6H2/c4*1-17-13(16)11-5-7-14(11)6-4-9-2-3-10(15)8-12(9)14;4*14-9-2-1-8-3-5-13(11(8)7-9)6-4-10(13)12(15)16;;;;;;/h4*2-3,8,11,15H,4-7H2,1H3;4*1-2,7,10,14H,3-6H2,(H,15,16);6*1H/t2*11-,14+;2*11-,14-;2*10-,13+;2*10-,13-;;;;;;/m10101010....../s1. The number of aromatic hydroxyl groups is 8. The average Bonchev–Trinajstić information content (AvgIpc) is 1.54. The van der Waals surface area contributed by atoms with Crippen molar-refractivity contribution in [3.8, 4) is 46.0 Å². The van der Waals surface area contributed by atoms with Gasteiger partial charge in [-0.05, 0) is 392 Å². The third-order valence-corrected chi connectivity index (χ3v) is 35.3. The zero-order valence-electron chi connectivity index (χ0n) is 75.4. The van der Waals surface area contributed by atoms with Crippen molar-refractivity contribution in [3.05, 3.63) is 235 Å². The maximum absolute atomic E-state index is 11.8. The largest absolute Gasteiger partial charge is 0.508 e. The minimum atomic E-state index is -0.692. The van der Waals surface area contributed by atoms with Gasteiger partial charge in [0.05, 0.1) is 75.8 Å². The van der Waals surface area contributed by atoms with Crippen molar-refractivity contribution in [1.29, 1.82) is 0 Å². The van der Waals surface area contributed by atoms with E-state index in [2.05, 4.69) is 0 Å². The molecule has 24 nitrogen and oxygen atoms in total. The first-order valence-electron chi connectivity index (χ1n) is 47.0. The Balaban J connectivity index is 0.000000150. The molecule has 132 heavy (non-hydrogen) atoms. The van der Waals surface area contributed by atoms with Crippen molar-refractivity contribution >= 4 is 47.8 Å². The van der Waals surface area contributed by atoms with Gasteiger partial charge >= 0.3 is 47.8 Å². The number of ether oxygens (including phenoxy) is 4. The van der Waals surface area contributed by atoms with Crippen LogP contribution in [0.3, 0.4) is 0 Å². The molecule has 0 heterocycles. The quantitative estimate of drug-likeness (QED) is 0.0496. The lowest BCUT2D eigenvalue weighted by molar-refractivity contribution is -0.154. The van der Waals surface area contributed by atoms with Gasteiger partial charge in [-0.25, -0.2) is 0 Å². The zero-order valence-corrected chi connectivity index (χ0v) is 75.4. The highest BCUT2D eigenvalue weighted by Gasteiger charge is 2.62. The van der Waals surface area contributed by atoms with Gasteiger partial charge in [0.1, 0.15) is 46.0 Å². The number of hydrogen-bond acceptors (Lipinski definition) is 20. The van der Waals surface area contributed by atoms with Crippen molar-refractivity contribution in [2.45, 2.75) is 249 Å². The first-order valence-corrected chi connectivity index (χ1v) is 47.0. The Morgan fingerprint density at radius 1 is 0.212 bits per heavy atom. The van der Waals surface area contributed by atoms with Crippen LogP contribution in [0.1, 0.15) is 252 Å². The number of phenols is 8. The lowest BCUT2D eigenvalue weighted by Crippen LogP contribution is -2.47.